The molecule has 1 unspecified atom stereocenters. The van der Waals surface area contributed by atoms with Gasteiger partial charge in [0, 0.05) is 13.5 Å². The topological polar surface area (TPSA) is 47.3 Å². The highest BCUT2D eigenvalue weighted by molar-refractivity contribution is 6.31. The molecule has 1 heterocycles. The Labute approximate surface area is 130 Å². The molecule has 0 saturated carbocycles. The zero-order valence-corrected chi connectivity index (χ0v) is 13.6. The minimum absolute atomic E-state index is 0.439. The number of methoxy groups -OCH3 is 1. The van der Waals surface area contributed by atoms with Crippen molar-refractivity contribution in [2.75, 3.05) is 7.11 Å². The Morgan fingerprint density at radius 1 is 1.43 bits per heavy atom. The third-order valence-corrected chi connectivity index (χ3v) is 4.13. The van der Waals surface area contributed by atoms with Gasteiger partial charge in [-0.2, -0.15) is 5.10 Å². The number of aliphatic hydroxyl groups excluding tert-OH is 1. The van der Waals surface area contributed by atoms with Gasteiger partial charge in [0.25, 0.3) is 0 Å². The maximum absolute atomic E-state index is 10.5. The van der Waals surface area contributed by atoms with Crippen LogP contribution in [0.5, 0.6) is 5.75 Å². The van der Waals surface area contributed by atoms with E-state index in [9.17, 15) is 5.11 Å². The number of aliphatic hydroxyl groups is 1. The van der Waals surface area contributed by atoms with Gasteiger partial charge in [-0.1, -0.05) is 24.6 Å². The average molecular weight is 309 g/mol. The number of rotatable bonds is 5. The van der Waals surface area contributed by atoms with Crippen LogP contribution in [0.25, 0.3) is 0 Å². The van der Waals surface area contributed by atoms with Crippen LogP contribution in [0.1, 0.15) is 35.5 Å². The first-order chi connectivity index (χ1) is 9.97. The van der Waals surface area contributed by atoms with Gasteiger partial charge in [-0.15, -0.1) is 0 Å². The summed E-state index contributed by atoms with van der Waals surface area (Å²) in [5.74, 6) is 0.817. The van der Waals surface area contributed by atoms with Crippen LogP contribution in [-0.4, -0.2) is 22.0 Å². The molecule has 1 aromatic heterocycles. The van der Waals surface area contributed by atoms with Gasteiger partial charge in [0.1, 0.15) is 5.75 Å². The summed E-state index contributed by atoms with van der Waals surface area (Å²) in [5, 5.41) is 15.5. The van der Waals surface area contributed by atoms with Gasteiger partial charge in [0.15, 0.2) is 0 Å². The lowest BCUT2D eigenvalue weighted by molar-refractivity contribution is 0.175. The van der Waals surface area contributed by atoms with E-state index in [1.165, 1.54) is 0 Å². The van der Waals surface area contributed by atoms with Gasteiger partial charge in [-0.05, 0) is 36.6 Å². The largest absolute Gasteiger partial charge is 0.496 e. The zero-order valence-electron chi connectivity index (χ0n) is 12.9. The van der Waals surface area contributed by atoms with E-state index >= 15 is 0 Å². The smallest absolute Gasteiger partial charge is 0.121 e. The van der Waals surface area contributed by atoms with Crippen LogP contribution >= 0.6 is 11.6 Å². The maximum Gasteiger partial charge on any atom is 0.121 e. The van der Waals surface area contributed by atoms with E-state index in [4.69, 9.17) is 16.3 Å². The van der Waals surface area contributed by atoms with Crippen molar-refractivity contribution in [2.45, 2.75) is 32.8 Å². The van der Waals surface area contributed by atoms with Gasteiger partial charge in [-0.25, -0.2) is 0 Å². The van der Waals surface area contributed by atoms with E-state index in [1.807, 2.05) is 39.1 Å². The molecule has 0 saturated heterocycles. The number of aromatic nitrogens is 2. The molecule has 0 aliphatic heterocycles. The molecule has 5 heteroatoms. The Kier molecular flexibility index (Phi) is 4.91. The standard InChI is InChI=1S/C16H21ClN2O2/c1-5-12-16(17)13(19(3)18-12)9-14(20)11-6-7-15(21-4)10(2)8-11/h6-8,14,20H,5,9H2,1-4H3. The Hall–Kier alpha value is -1.52. The average Bonchev–Trinajstić information content (AvgIpc) is 2.74. The van der Waals surface area contributed by atoms with Gasteiger partial charge in [0.2, 0.25) is 0 Å². The van der Waals surface area contributed by atoms with Crippen LogP contribution in [0, 0.1) is 6.92 Å². The van der Waals surface area contributed by atoms with Crippen molar-refractivity contribution in [2.24, 2.45) is 7.05 Å². The van der Waals surface area contributed by atoms with Crippen molar-refractivity contribution in [3.8, 4) is 5.75 Å². The molecule has 2 rings (SSSR count). The zero-order chi connectivity index (χ0) is 15.6. The van der Waals surface area contributed by atoms with E-state index in [-0.39, 0.29) is 0 Å². The van der Waals surface area contributed by atoms with Crippen molar-refractivity contribution < 1.29 is 9.84 Å². The summed E-state index contributed by atoms with van der Waals surface area (Å²) in [6.07, 6.45) is 0.602. The molecule has 0 amide bonds. The predicted octanol–water partition coefficient (Wildman–Crippen LogP) is 3.23. The van der Waals surface area contributed by atoms with Crippen molar-refractivity contribution in [3.05, 3.63) is 45.7 Å². The quantitative estimate of drug-likeness (QED) is 0.922. The molecule has 0 aliphatic carbocycles. The van der Waals surface area contributed by atoms with Crippen LogP contribution in [0.2, 0.25) is 5.02 Å². The minimum atomic E-state index is -0.618. The molecule has 4 nitrogen and oxygen atoms in total. The van der Waals surface area contributed by atoms with Gasteiger partial charge < -0.3 is 9.84 Å². The molecule has 0 bridgehead atoms. The van der Waals surface area contributed by atoms with Crippen LogP contribution < -0.4 is 4.74 Å². The second kappa shape index (κ2) is 6.50. The third kappa shape index (κ3) is 3.22. The molecule has 0 radical (unpaired) electrons. The summed E-state index contributed by atoms with van der Waals surface area (Å²) in [4.78, 5) is 0. The summed E-state index contributed by atoms with van der Waals surface area (Å²) >= 11 is 6.33. The van der Waals surface area contributed by atoms with E-state index in [2.05, 4.69) is 5.10 Å². The van der Waals surface area contributed by atoms with Crippen molar-refractivity contribution in [1.29, 1.82) is 0 Å². The van der Waals surface area contributed by atoms with Crippen molar-refractivity contribution in [3.63, 3.8) is 0 Å². The molecular formula is C16H21ClN2O2. The molecule has 0 spiro atoms. The molecule has 1 atom stereocenters. The molecule has 1 N–H and O–H groups in total. The first kappa shape index (κ1) is 15.9. The highest BCUT2D eigenvalue weighted by Gasteiger charge is 2.18. The molecule has 0 fully saturated rings. The SMILES string of the molecule is CCc1nn(C)c(CC(O)c2ccc(OC)c(C)c2)c1Cl. The number of aryl methyl sites for hydroxylation is 3. The second-order valence-electron chi connectivity index (χ2n) is 5.13. The minimum Gasteiger partial charge on any atom is -0.496 e. The summed E-state index contributed by atoms with van der Waals surface area (Å²) < 4.78 is 6.99. The van der Waals surface area contributed by atoms with Crippen molar-refractivity contribution >= 4 is 11.6 Å². The lowest BCUT2D eigenvalue weighted by atomic mass is 10.0. The fourth-order valence-corrected chi connectivity index (χ4v) is 2.82. The fraction of sp³-hybridized carbons (Fsp3) is 0.438. The Morgan fingerprint density at radius 3 is 2.67 bits per heavy atom. The second-order valence-corrected chi connectivity index (χ2v) is 5.51. The van der Waals surface area contributed by atoms with E-state index in [1.54, 1.807) is 11.8 Å². The highest BCUT2D eigenvalue weighted by atomic mass is 35.5. The number of ether oxygens (including phenoxy) is 1. The Balaban J connectivity index is 2.24. The molecule has 21 heavy (non-hydrogen) atoms. The number of halogens is 1. The predicted molar refractivity (Wildman–Crippen MR) is 84.0 cm³/mol. The number of hydrogen-bond donors (Lipinski definition) is 1. The van der Waals surface area contributed by atoms with Gasteiger partial charge in [0.05, 0.1) is 29.6 Å². The normalized spacial score (nSPS) is 12.5. The highest BCUT2D eigenvalue weighted by Crippen LogP contribution is 2.28. The molecular weight excluding hydrogens is 288 g/mol. The summed E-state index contributed by atoms with van der Waals surface area (Å²) in [5.41, 5.74) is 3.57. The number of nitrogens with zero attached hydrogens (tertiary/aromatic N) is 2. The van der Waals surface area contributed by atoms with E-state index < -0.39 is 6.10 Å². The Bertz CT molecular complexity index is 637. The molecule has 0 aliphatic rings. The fourth-order valence-electron chi connectivity index (χ4n) is 2.45. The van der Waals surface area contributed by atoms with Crippen LogP contribution in [0.3, 0.4) is 0 Å². The van der Waals surface area contributed by atoms with E-state index in [0.717, 1.165) is 34.7 Å². The van der Waals surface area contributed by atoms with Crippen molar-refractivity contribution in [1.82, 2.24) is 9.78 Å². The summed E-state index contributed by atoms with van der Waals surface area (Å²) in [7, 11) is 3.49. The van der Waals surface area contributed by atoms with Crippen LogP contribution in [0.4, 0.5) is 0 Å². The number of hydrogen-bond acceptors (Lipinski definition) is 3. The van der Waals surface area contributed by atoms with Gasteiger partial charge in [-0.3, -0.25) is 4.68 Å². The lowest BCUT2D eigenvalue weighted by Crippen LogP contribution is -2.07. The Morgan fingerprint density at radius 2 is 2.14 bits per heavy atom. The molecule has 114 valence electrons. The first-order valence-electron chi connectivity index (χ1n) is 7.00. The molecule has 1 aromatic carbocycles. The third-order valence-electron chi connectivity index (χ3n) is 3.69. The number of benzene rings is 1. The molecule has 2 aromatic rings. The van der Waals surface area contributed by atoms with E-state index in [0.29, 0.717) is 11.4 Å². The maximum atomic E-state index is 10.5. The monoisotopic (exact) mass is 308 g/mol. The van der Waals surface area contributed by atoms with Crippen LogP contribution in [0.15, 0.2) is 18.2 Å². The first-order valence-corrected chi connectivity index (χ1v) is 7.38. The summed E-state index contributed by atoms with van der Waals surface area (Å²) in [6, 6.07) is 5.69. The summed E-state index contributed by atoms with van der Waals surface area (Å²) in [6.45, 7) is 3.97. The van der Waals surface area contributed by atoms with Crippen LogP contribution in [-0.2, 0) is 19.9 Å². The lowest BCUT2D eigenvalue weighted by Gasteiger charge is -2.14. The van der Waals surface area contributed by atoms with Gasteiger partial charge >= 0.3 is 0 Å².